The van der Waals surface area contributed by atoms with Gasteiger partial charge < -0.3 is 10.3 Å². The number of amides is 1. The van der Waals surface area contributed by atoms with Gasteiger partial charge >= 0.3 is 0 Å². The van der Waals surface area contributed by atoms with Gasteiger partial charge in [0, 0.05) is 34.0 Å². The van der Waals surface area contributed by atoms with Crippen LogP contribution in [0.1, 0.15) is 19.8 Å². The Bertz CT molecular complexity index is 1740. The lowest BCUT2D eigenvalue weighted by atomic mass is 10.1. The molecule has 0 radical (unpaired) electrons. The van der Waals surface area contributed by atoms with E-state index in [-0.39, 0.29) is 11.0 Å². The molecule has 0 aliphatic rings. The molecule has 178 valence electrons. The SMILES string of the molecule is CCCC(=O)Nc1cncc(-c2cc3c(-c4nc5c(-c6ccc(F)s6)cccc5[nH]4)n[nH]c3cn2)c1. The van der Waals surface area contributed by atoms with Gasteiger partial charge in [0.15, 0.2) is 11.0 Å². The third kappa shape index (κ3) is 4.01. The predicted molar refractivity (Wildman–Crippen MR) is 139 cm³/mol. The van der Waals surface area contributed by atoms with Gasteiger partial charge in [0.2, 0.25) is 5.91 Å². The van der Waals surface area contributed by atoms with Gasteiger partial charge in [0.1, 0.15) is 5.69 Å². The molecule has 10 heteroatoms. The van der Waals surface area contributed by atoms with Crippen molar-refractivity contribution in [1.29, 1.82) is 0 Å². The Hall–Kier alpha value is -4.44. The summed E-state index contributed by atoms with van der Waals surface area (Å²) in [7, 11) is 0. The first-order valence-electron chi connectivity index (χ1n) is 11.4. The Kier molecular flexibility index (Phi) is 5.49. The van der Waals surface area contributed by atoms with Crippen LogP contribution in [0.2, 0.25) is 0 Å². The van der Waals surface area contributed by atoms with Crippen molar-refractivity contribution in [2.75, 3.05) is 5.32 Å². The third-order valence-electron chi connectivity index (χ3n) is 5.82. The molecule has 0 aliphatic carbocycles. The lowest BCUT2D eigenvalue weighted by Crippen LogP contribution is -2.10. The molecule has 8 nitrogen and oxygen atoms in total. The highest BCUT2D eigenvalue weighted by atomic mass is 32.1. The molecule has 6 rings (SSSR count). The zero-order valence-electron chi connectivity index (χ0n) is 19.2. The van der Waals surface area contributed by atoms with Gasteiger partial charge in [-0.25, -0.2) is 4.98 Å². The van der Waals surface area contributed by atoms with Crippen molar-refractivity contribution in [1.82, 2.24) is 30.1 Å². The van der Waals surface area contributed by atoms with Gasteiger partial charge in [-0.05, 0) is 36.8 Å². The number of carbonyl (C=O) groups excluding carboxylic acids is 1. The molecule has 5 aromatic heterocycles. The Morgan fingerprint density at radius 2 is 2.03 bits per heavy atom. The topological polar surface area (TPSA) is 112 Å². The minimum Gasteiger partial charge on any atom is -0.337 e. The van der Waals surface area contributed by atoms with Crippen molar-refractivity contribution in [2.45, 2.75) is 19.8 Å². The van der Waals surface area contributed by atoms with Crippen LogP contribution in [0.4, 0.5) is 10.1 Å². The van der Waals surface area contributed by atoms with Gasteiger partial charge in [0.05, 0.1) is 40.3 Å². The largest absolute Gasteiger partial charge is 0.337 e. The van der Waals surface area contributed by atoms with E-state index in [1.807, 2.05) is 37.3 Å². The molecule has 0 saturated carbocycles. The zero-order valence-corrected chi connectivity index (χ0v) is 20.0. The minimum absolute atomic E-state index is 0.0495. The fraction of sp³-hybridized carbons (Fsp3) is 0.115. The number of hydrogen-bond donors (Lipinski definition) is 3. The average molecular weight is 498 g/mol. The molecule has 3 N–H and O–H groups in total. The van der Waals surface area contributed by atoms with E-state index in [0.717, 1.165) is 55.7 Å². The number of rotatable bonds is 6. The summed E-state index contributed by atoms with van der Waals surface area (Å²) in [5.74, 6) is 0.545. The van der Waals surface area contributed by atoms with Crippen molar-refractivity contribution in [3.05, 3.63) is 66.2 Å². The molecule has 36 heavy (non-hydrogen) atoms. The molecule has 0 spiro atoms. The highest BCUT2D eigenvalue weighted by Crippen LogP contribution is 2.35. The number of anilines is 1. The minimum atomic E-state index is -0.237. The monoisotopic (exact) mass is 497 g/mol. The second-order valence-corrected chi connectivity index (χ2v) is 9.37. The number of thiophene rings is 1. The maximum absolute atomic E-state index is 13.7. The molecule has 0 saturated heterocycles. The lowest BCUT2D eigenvalue weighted by Gasteiger charge is -2.06. The quantitative estimate of drug-likeness (QED) is 0.255. The Labute approximate surface area is 208 Å². The highest BCUT2D eigenvalue weighted by molar-refractivity contribution is 7.14. The second kappa shape index (κ2) is 8.97. The van der Waals surface area contributed by atoms with Crippen molar-refractivity contribution >= 4 is 44.9 Å². The van der Waals surface area contributed by atoms with Crippen LogP contribution in [0, 0.1) is 5.13 Å². The number of nitrogens with one attached hydrogen (secondary N) is 3. The van der Waals surface area contributed by atoms with E-state index >= 15 is 0 Å². The molecule has 0 atom stereocenters. The van der Waals surface area contributed by atoms with Crippen LogP contribution >= 0.6 is 11.3 Å². The van der Waals surface area contributed by atoms with Gasteiger partial charge in [0.25, 0.3) is 0 Å². The van der Waals surface area contributed by atoms with Crippen LogP contribution in [-0.4, -0.2) is 36.0 Å². The number of halogens is 1. The summed E-state index contributed by atoms with van der Waals surface area (Å²) in [4.78, 5) is 29.8. The number of hydrogen-bond acceptors (Lipinski definition) is 6. The van der Waals surface area contributed by atoms with Gasteiger partial charge in [-0.2, -0.15) is 9.49 Å². The van der Waals surface area contributed by atoms with Crippen LogP contribution in [0.5, 0.6) is 0 Å². The Morgan fingerprint density at radius 1 is 1.11 bits per heavy atom. The first-order valence-corrected chi connectivity index (χ1v) is 12.2. The standard InChI is InChI=1S/C26H20FN7OS/c1-2-4-23(35)30-15-9-14(11-28-12-15)19-10-17-20(13-29-19)33-34-25(17)26-31-18-6-3-5-16(24(18)32-26)21-7-8-22(27)36-21/h3,5-13H,2,4H2,1H3,(H,30,35)(H,31,32)(H,33,34). The smallest absolute Gasteiger partial charge is 0.224 e. The number of carbonyl (C=O) groups is 1. The maximum atomic E-state index is 13.7. The number of aromatic amines is 2. The Morgan fingerprint density at radius 3 is 2.86 bits per heavy atom. The zero-order chi connectivity index (χ0) is 24.6. The molecule has 5 heterocycles. The Balaban J connectivity index is 1.40. The van der Waals surface area contributed by atoms with Crippen LogP contribution in [0.3, 0.4) is 0 Å². The molecule has 0 bridgehead atoms. The second-order valence-electron chi connectivity index (χ2n) is 8.34. The number of fused-ring (bicyclic) bond motifs is 2. The molecular formula is C26H20FN7OS. The predicted octanol–water partition coefficient (Wildman–Crippen LogP) is 6.17. The van der Waals surface area contributed by atoms with Crippen molar-refractivity contribution < 1.29 is 9.18 Å². The first-order chi connectivity index (χ1) is 17.6. The summed E-state index contributed by atoms with van der Waals surface area (Å²) in [6.07, 6.45) is 6.26. The van der Waals surface area contributed by atoms with E-state index in [4.69, 9.17) is 4.98 Å². The van der Waals surface area contributed by atoms with Crippen molar-refractivity contribution in [2.24, 2.45) is 0 Å². The number of H-pyrrole nitrogens is 2. The van der Waals surface area contributed by atoms with Crippen LogP contribution in [0.15, 0.2) is 61.1 Å². The molecule has 1 aromatic carbocycles. The van der Waals surface area contributed by atoms with E-state index < -0.39 is 0 Å². The van der Waals surface area contributed by atoms with E-state index in [9.17, 15) is 9.18 Å². The molecule has 1 amide bonds. The summed E-state index contributed by atoms with van der Waals surface area (Å²) >= 11 is 1.09. The molecule has 0 unspecified atom stereocenters. The van der Waals surface area contributed by atoms with Crippen LogP contribution < -0.4 is 5.32 Å². The van der Waals surface area contributed by atoms with Crippen LogP contribution in [0.25, 0.3) is 55.2 Å². The van der Waals surface area contributed by atoms with E-state index in [1.54, 1.807) is 24.7 Å². The highest BCUT2D eigenvalue weighted by Gasteiger charge is 2.17. The number of benzene rings is 1. The number of para-hydroxylation sites is 1. The van der Waals surface area contributed by atoms with Gasteiger partial charge in [-0.1, -0.05) is 19.1 Å². The summed E-state index contributed by atoms with van der Waals surface area (Å²) in [6.45, 7) is 1.96. The average Bonchev–Trinajstić information content (AvgIpc) is 3.61. The number of pyridine rings is 2. The molecule has 6 aromatic rings. The summed E-state index contributed by atoms with van der Waals surface area (Å²) in [6, 6.07) is 12.8. The fourth-order valence-corrected chi connectivity index (χ4v) is 4.91. The first kappa shape index (κ1) is 22.1. The van der Waals surface area contributed by atoms with E-state index in [0.29, 0.717) is 29.3 Å². The number of aromatic nitrogens is 6. The third-order valence-corrected chi connectivity index (χ3v) is 6.72. The summed E-state index contributed by atoms with van der Waals surface area (Å²) in [5, 5.41) is 11.0. The summed E-state index contributed by atoms with van der Waals surface area (Å²) in [5.41, 5.74) is 5.93. The van der Waals surface area contributed by atoms with E-state index in [2.05, 4.69) is 30.5 Å². The maximum Gasteiger partial charge on any atom is 0.224 e. The molecule has 0 aliphatic heterocycles. The fourth-order valence-electron chi connectivity index (χ4n) is 4.16. The number of imidazole rings is 1. The van der Waals surface area contributed by atoms with E-state index in [1.165, 1.54) is 6.07 Å². The molecular weight excluding hydrogens is 477 g/mol. The van der Waals surface area contributed by atoms with Gasteiger partial charge in [-0.15, -0.1) is 11.3 Å². The van der Waals surface area contributed by atoms with Crippen molar-refractivity contribution in [3.63, 3.8) is 0 Å². The normalized spacial score (nSPS) is 11.4. The van der Waals surface area contributed by atoms with Crippen LogP contribution in [-0.2, 0) is 4.79 Å². The summed E-state index contributed by atoms with van der Waals surface area (Å²) < 4.78 is 13.7. The lowest BCUT2D eigenvalue weighted by molar-refractivity contribution is -0.116. The van der Waals surface area contributed by atoms with Gasteiger partial charge in [-0.3, -0.25) is 19.9 Å². The van der Waals surface area contributed by atoms with Crippen molar-refractivity contribution in [3.8, 4) is 33.2 Å². The molecule has 0 fully saturated rings. The number of nitrogens with zero attached hydrogens (tertiary/aromatic N) is 4.